The number of carbonyl (C=O) groups is 2. The van der Waals surface area contributed by atoms with E-state index in [0.717, 1.165) is 24.8 Å². The van der Waals surface area contributed by atoms with Gasteiger partial charge in [0, 0.05) is 24.3 Å². The fourth-order valence-corrected chi connectivity index (χ4v) is 4.21. The number of hydrogen-bond acceptors (Lipinski definition) is 3. The van der Waals surface area contributed by atoms with Crippen molar-refractivity contribution in [1.29, 1.82) is 0 Å². The Labute approximate surface area is 220 Å². The Kier molecular flexibility index (Phi) is 8.17. The molecule has 0 aromatic heterocycles. The van der Waals surface area contributed by atoms with E-state index in [0.29, 0.717) is 25.2 Å². The van der Waals surface area contributed by atoms with E-state index >= 15 is 0 Å². The molecule has 0 saturated carbocycles. The highest BCUT2D eigenvalue weighted by Gasteiger charge is 2.37. The summed E-state index contributed by atoms with van der Waals surface area (Å²) < 4.78 is 85.6. The predicted octanol–water partition coefficient (Wildman–Crippen LogP) is 7.18. The number of halogens is 6. The molecule has 0 spiro atoms. The van der Waals surface area contributed by atoms with E-state index in [2.05, 4.69) is 5.32 Å². The Morgan fingerprint density at radius 1 is 0.795 bits per heavy atom. The highest BCUT2D eigenvalue weighted by molar-refractivity contribution is 6.08. The molecule has 1 heterocycles. The smallest absolute Gasteiger partial charge is 0.416 e. The lowest BCUT2D eigenvalue weighted by molar-refractivity contribution is -0.143. The summed E-state index contributed by atoms with van der Waals surface area (Å²) >= 11 is 0. The van der Waals surface area contributed by atoms with Gasteiger partial charge in [-0.1, -0.05) is 30.3 Å². The lowest BCUT2D eigenvalue weighted by Gasteiger charge is -2.27. The molecule has 0 bridgehead atoms. The standard InChI is InChI=1S/C28H24F6N2O3/c29-27(30,31)20-14-21(28(32,33)34)16-22(15-20)35-25(37)23-13-19(26(38)36-11-5-2-6-12-36)9-10-24(23)39-17-18-7-3-1-4-8-18/h1,3-4,7-10,13-16H,2,5-6,11-12,17H2,(H,35,37). The number of likely N-dealkylation sites (tertiary alicyclic amines) is 1. The molecule has 39 heavy (non-hydrogen) atoms. The molecule has 1 aliphatic heterocycles. The Hall–Kier alpha value is -4.02. The second-order valence-electron chi connectivity index (χ2n) is 9.09. The van der Waals surface area contributed by atoms with Crippen LogP contribution in [0.15, 0.2) is 66.7 Å². The molecule has 0 atom stereocenters. The molecule has 4 rings (SSSR count). The molecule has 0 aliphatic carbocycles. The third-order valence-electron chi connectivity index (χ3n) is 6.20. The van der Waals surface area contributed by atoms with Gasteiger partial charge in [0.2, 0.25) is 0 Å². The molecule has 206 valence electrons. The molecule has 3 aromatic carbocycles. The number of ether oxygens (including phenoxy) is 1. The Balaban J connectivity index is 1.68. The minimum Gasteiger partial charge on any atom is -0.488 e. The second kappa shape index (κ2) is 11.4. The van der Waals surface area contributed by atoms with E-state index in [4.69, 9.17) is 4.74 Å². The molecule has 3 aromatic rings. The minimum absolute atomic E-state index is 0.00886. The van der Waals surface area contributed by atoms with Crippen LogP contribution in [0.4, 0.5) is 32.0 Å². The van der Waals surface area contributed by atoms with Gasteiger partial charge >= 0.3 is 12.4 Å². The first-order valence-corrected chi connectivity index (χ1v) is 12.1. The zero-order chi connectivity index (χ0) is 28.2. The van der Waals surface area contributed by atoms with Gasteiger partial charge in [0.1, 0.15) is 12.4 Å². The summed E-state index contributed by atoms with van der Waals surface area (Å²) in [6.45, 7) is 1.11. The lowest BCUT2D eigenvalue weighted by Crippen LogP contribution is -2.35. The fourth-order valence-electron chi connectivity index (χ4n) is 4.21. The van der Waals surface area contributed by atoms with Crippen LogP contribution in [0, 0.1) is 0 Å². The van der Waals surface area contributed by atoms with Gasteiger partial charge in [-0.15, -0.1) is 0 Å². The number of nitrogens with zero attached hydrogens (tertiary/aromatic N) is 1. The zero-order valence-corrected chi connectivity index (χ0v) is 20.5. The first-order valence-electron chi connectivity index (χ1n) is 12.1. The zero-order valence-electron chi connectivity index (χ0n) is 20.5. The minimum atomic E-state index is -5.08. The average molecular weight is 550 g/mol. The van der Waals surface area contributed by atoms with Crippen molar-refractivity contribution in [2.75, 3.05) is 18.4 Å². The van der Waals surface area contributed by atoms with Crippen LogP contribution in [0.2, 0.25) is 0 Å². The van der Waals surface area contributed by atoms with Crippen molar-refractivity contribution in [3.05, 3.63) is 94.5 Å². The summed E-state index contributed by atoms with van der Waals surface area (Å²) in [5.41, 5.74) is -3.15. The van der Waals surface area contributed by atoms with E-state index in [1.807, 2.05) is 0 Å². The van der Waals surface area contributed by atoms with Crippen molar-refractivity contribution in [3.8, 4) is 5.75 Å². The Bertz CT molecular complexity index is 1300. The number of rotatable bonds is 6. The summed E-state index contributed by atoms with van der Waals surface area (Å²) in [6.07, 6.45) is -7.51. The molecule has 0 unspecified atom stereocenters. The SMILES string of the molecule is O=C(Nc1cc(C(F)(F)F)cc(C(F)(F)F)c1)c1cc(C(=O)N2CCCCC2)ccc1OCc1ccccc1. The van der Waals surface area contributed by atoms with Crippen molar-refractivity contribution >= 4 is 17.5 Å². The summed E-state index contributed by atoms with van der Waals surface area (Å²) in [4.78, 5) is 27.9. The molecule has 1 N–H and O–H groups in total. The van der Waals surface area contributed by atoms with Crippen molar-refractivity contribution in [1.82, 2.24) is 4.90 Å². The molecule has 11 heteroatoms. The molecule has 1 saturated heterocycles. The predicted molar refractivity (Wildman–Crippen MR) is 131 cm³/mol. The van der Waals surface area contributed by atoms with Crippen LogP contribution in [0.25, 0.3) is 0 Å². The third-order valence-corrected chi connectivity index (χ3v) is 6.20. The van der Waals surface area contributed by atoms with Crippen LogP contribution < -0.4 is 10.1 Å². The van der Waals surface area contributed by atoms with E-state index < -0.39 is 35.1 Å². The monoisotopic (exact) mass is 550 g/mol. The Morgan fingerprint density at radius 3 is 2.00 bits per heavy atom. The van der Waals surface area contributed by atoms with Crippen LogP contribution in [0.5, 0.6) is 5.75 Å². The largest absolute Gasteiger partial charge is 0.488 e. The number of carbonyl (C=O) groups excluding carboxylic acids is 2. The van der Waals surface area contributed by atoms with Crippen LogP contribution in [0.3, 0.4) is 0 Å². The van der Waals surface area contributed by atoms with Crippen LogP contribution in [-0.2, 0) is 19.0 Å². The third kappa shape index (κ3) is 7.10. The number of benzene rings is 3. The molecular formula is C28H24F6N2O3. The molecule has 2 amide bonds. The van der Waals surface area contributed by atoms with Gasteiger partial charge in [-0.05, 0) is 61.2 Å². The van der Waals surface area contributed by atoms with E-state index in [1.54, 1.807) is 35.2 Å². The van der Waals surface area contributed by atoms with Gasteiger partial charge in [-0.2, -0.15) is 26.3 Å². The van der Waals surface area contributed by atoms with Gasteiger partial charge in [0.05, 0.1) is 16.7 Å². The first-order chi connectivity index (χ1) is 18.4. The maximum atomic E-state index is 13.3. The lowest BCUT2D eigenvalue weighted by atomic mass is 10.0. The topological polar surface area (TPSA) is 58.6 Å². The molecular weight excluding hydrogens is 526 g/mol. The maximum Gasteiger partial charge on any atom is 0.416 e. The number of anilines is 1. The van der Waals surface area contributed by atoms with Crippen LogP contribution in [0.1, 0.15) is 56.7 Å². The number of nitrogens with one attached hydrogen (secondary N) is 1. The molecule has 1 aliphatic rings. The second-order valence-corrected chi connectivity index (χ2v) is 9.09. The van der Waals surface area contributed by atoms with Crippen molar-refractivity contribution in [2.45, 2.75) is 38.2 Å². The number of amides is 2. The number of piperidine rings is 1. The Morgan fingerprint density at radius 2 is 1.41 bits per heavy atom. The van der Waals surface area contributed by atoms with Gasteiger partial charge in [0.25, 0.3) is 11.8 Å². The van der Waals surface area contributed by atoms with Gasteiger partial charge < -0.3 is 15.0 Å². The van der Waals surface area contributed by atoms with E-state index in [9.17, 15) is 35.9 Å². The van der Waals surface area contributed by atoms with Crippen LogP contribution in [-0.4, -0.2) is 29.8 Å². The van der Waals surface area contributed by atoms with Gasteiger partial charge in [-0.25, -0.2) is 0 Å². The normalized spacial score (nSPS) is 14.2. The summed E-state index contributed by atoms with van der Waals surface area (Å²) in [7, 11) is 0. The quantitative estimate of drug-likeness (QED) is 0.331. The summed E-state index contributed by atoms with van der Waals surface area (Å²) in [5.74, 6) is -1.36. The average Bonchev–Trinajstić information content (AvgIpc) is 2.91. The highest BCUT2D eigenvalue weighted by atomic mass is 19.4. The maximum absolute atomic E-state index is 13.3. The van der Waals surface area contributed by atoms with Gasteiger partial charge in [-0.3, -0.25) is 9.59 Å². The van der Waals surface area contributed by atoms with Crippen molar-refractivity contribution < 1.29 is 40.7 Å². The van der Waals surface area contributed by atoms with Gasteiger partial charge in [0.15, 0.2) is 0 Å². The van der Waals surface area contributed by atoms with E-state index in [-0.39, 0.29) is 35.5 Å². The fraction of sp³-hybridized carbons (Fsp3) is 0.286. The molecule has 0 radical (unpaired) electrons. The number of alkyl halides is 6. The number of hydrogen-bond donors (Lipinski definition) is 1. The summed E-state index contributed by atoms with van der Waals surface area (Å²) in [5, 5.41) is 2.12. The van der Waals surface area contributed by atoms with Crippen molar-refractivity contribution in [3.63, 3.8) is 0 Å². The van der Waals surface area contributed by atoms with E-state index in [1.165, 1.54) is 18.2 Å². The van der Waals surface area contributed by atoms with Crippen LogP contribution >= 0.6 is 0 Å². The summed E-state index contributed by atoms with van der Waals surface area (Å²) in [6, 6.07) is 13.8. The molecule has 5 nitrogen and oxygen atoms in total. The highest BCUT2D eigenvalue weighted by Crippen LogP contribution is 2.38. The first kappa shape index (κ1) is 28.0. The van der Waals surface area contributed by atoms with Crippen molar-refractivity contribution in [2.24, 2.45) is 0 Å². The molecule has 1 fully saturated rings.